The third-order valence-corrected chi connectivity index (χ3v) is 3.66. The molecule has 0 aliphatic carbocycles. The molecule has 2 rings (SSSR count). The van der Waals surface area contributed by atoms with Crippen LogP contribution in [0.5, 0.6) is 0 Å². The maximum Gasteiger partial charge on any atom is 0.274 e. The molecule has 2 heterocycles. The van der Waals surface area contributed by atoms with Gasteiger partial charge in [0.2, 0.25) is 0 Å². The molecule has 1 aromatic rings. The fraction of sp³-hybridized carbons (Fsp3) is 0.733. The molecular formula is C15H26N4O2. The molecule has 1 fully saturated rings. The normalized spacial score (nSPS) is 20.6. The lowest BCUT2D eigenvalue weighted by molar-refractivity contribution is -0.171. The van der Waals surface area contributed by atoms with Crippen molar-refractivity contribution in [2.75, 3.05) is 18.8 Å². The Morgan fingerprint density at radius 2 is 1.81 bits per heavy atom. The quantitative estimate of drug-likeness (QED) is 0.903. The second-order valence-electron chi connectivity index (χ2n) is 6.95. The van der Waals surface area contributed by atoms with E-state index in [-0.39, 0.29) is 17.1 Å². The van der Waals surface area contributed by atoms with Crippen LogP contribution in [0.3, 0.4) is 0 Å². The number of rotatable bonds is 2. The average Bonchev–Trinajstić information content (AvgIpc) is 2.60. The Kier molecular flexibility index (Phi) is 3.78. The zero-order chi connectivity index (χ0) is 16.0. The van der Waals surface area contributed by atoms with E-state index < -0.39 is 0 Å². The molecule has 21 heavy (non-hydrogen) atoms. The second kappa shape index (κ2) is 5.02. The van der Waals surface area contributed by atoms with Crippen molar-refractivity contribution in [3.05, 3.63) is 11.4 Å². The highest BCUT2D eigenvalue weighted by atomic mass is 16.5. The second-order valence-corrected chi connectivity index (χ2v) is 6.95. The molecule has 6 nitrogen and oxygen atoms in total. The summed E-state index contributed by atoms with van der Waals surface area (Å²) in [5.74, 6) is -0.0700. The molecule has 2 N–H and O–H groups in total. The molecule has 1 aliphatic rings. The van der Waals surface area contributed by atoms with E-state index in [0.717, 1.165) is 0 Å². The highest BCUT2D eigenvalue weighted by Gasteiger charge is 2.41. The number of aromatic nitrogens is 2. The first kappa shape index (κ1) is 15.8. The molecule has 1 saturated heterocycles. The molecule has 1 amide bonds. The number of carbonyl (C=O) groups is 1. The number of nitrogens with zero attached hydrogens (tertiary/aromatic N) is 3. The van der Waals surface area contributed by atoms with Gasteiger partial charge in [-0.15, -0.1) is 0 Å². The Labute approximate surface area is 126 Å². The van der Waals surface area contributed by atoms with Crippen LogP contribution in [-0.2, 0) is 11.3 Å². The van der Waals surface area contributed by atoms with Crippen molar-refractivity contribution in [2.45, 2.75) is 59.3 Å². The lowest BCUT2D eigenvalue weighted by atomic mass is 9.98. The minimum Gasteiger partial charge on any atom is -0.395 e. The first-order valence-electron chi connectivity index (χ1n) is 7.38. The lowest BCUT2D eigenvalue weighted by Crippen LogP contribution is -2.58. The van der Waals surface area contributed by atoms with E-state index in [1.807, 2.05) is 46.4 Å². The van der Waals surface area contributed by atoms with Crippen molar-refractivity contribution >= 4 is 11.6 Å². The van der Waals surface area contributed by atoms with Crippen LogP contribution in [0.25, 0.3) is 0 Å². The Balaban J connectivity index is 2.36. The number of aryl methyl sites for hydroxylation is 2. The van der Waals surface area contributed by atoms with E-state index in [9.17, 15) is 4.79 Å². The highest BCUT2D eigenvalue weighted by Crippen LogP contribution is 2.30. The van der Waals surface area contributed by atoms with Crippen molar-refractivity contribution in [3.63, 3.8) is 0 Å². The van der Waals surface area contributed by atoms with Crippen molar-refractivity contribution < 1.29 is 9.53 Å². The van der Waals surface area contributed by atoms with Crippen LogP contribution in [0.15, 0.2) is 0 Å². The number of carbonyl (C=O) groups excluding carboxylic acids is 1. The molecule has 0 saturated carbocycles. The van der Waals surface area contributed by atoms with Crippen LogP contribution >= 0.6 is 0 Å². The summed E-state index contributed by atoms with van der Waals surface area (Å²) in [5.41, 5.74) is 6.97. The van der Waals surface area contributed by atoms with E-state index in [4.69, 9.17) is 10.5 Å². The van der Waals surface area contributed by atoms with Crippen LogP contribution in [0.1, 0.15) is 50.8 Å². The lowest BCUT2D eigenvalue weighted by Gasteiger charge is -2.47. The number of nitrogens with two attached hydrogens (primary N) is 1. The third kappa shape index (κ3) is 3.05. The average molecular weight is 294 g/mol. The fourth-order valence-corrected chi connectivity index (χ4v) is 3.13. The summed E-state index contributed by atoms with van der Waals surface area (Å²) < 4.78 is 7.70. The molecule has 0 radical (unpaired) electrons. The number of hydrogen-bond acceptors (Lipinski definition) is 4. The fourth-order valence-electron chi connectivity index (χ4n) is 3.13. The van der Waals surface area contributed by atoms with Gasteiger partial charge in [-0.25, -0.2) is 0 Å². The van der Waals surface area contributed by atoms with Crippen LogP contribution in [0.4, 0.5) is 5.69 Å². The summed E-state index contributed by atoms with van der Waals surface area (Å²) >= 11 is 0. The van der Waals surface area contributed by atoms with E-state index >= 15 is 0 Å². The minimum absolute atomic E-state index is 0.0700. The Hall–Kier alpha value is -1.56. The Morgan fingerprint density at radius 3 is 2.29 bits per heavy atom. The molecular weight excluding hydrogens is 268 g/mol. The van der Waals surface area contributed by atoms with Gasteiger partial charge in [0.05, 0.1) is 22.6 Å². The van der Waals surface area contributed by atoms with E-state index in [1.54, 1.807) is 4.68 Å². The van der Waals surface area contributed by atoms with Gasteiger partial charge < -0.3 is 15.4 Å². The first-order chi connectivity index (χ1) is 9.56. The number of amides is 1. The number of ether oxygens (including phenoxy) is 1. The van der Waals surface area contributed by atoms with Gasteiger partial charge in [-0.05, 0) is 41.5 Å². The van der Waals surface area contributed by atoms with Gasteiger partial charge in [-0.2, -0.15) is 5.10 Å². The van der Waals surface area contributed by atoms with Gasteiger partial charge in [0, 0.05) is 19.6 Å². The van der Waals surface area contributed by atoms with Crippen LogP contribution in [0, 0.1) is 6.92 Å². The Morgan fingerprint density at radius 1 is 1.29 bits per heavy atom. The molecule has 1 aromatic heterocycles. The summed E-state index contributed by atoms with van der Waals surface area (Å²) in [4.78, 5) is 14.7. The third-order valence-electron chi connectivity index (χ3n) is 3.66. The highest BCUT2D eigenvalue weighted by molar-refractivity contribution is 5.98. The van der Waals surface area contributed by atoms with Gasteiger partial charge in [-0.1, -0.05) is 0 Å². The van der Waals surface area contributed by atoms with Gasteiger partial charge >= 0.3 is 0 Å². The van der Waals surface area contributed by atoms with E-state index in [1.165, 1.54) is 0 Å². The van der Waals surface area contributed by atoms with Gasteiger partial charge in [-0.3, -0.25) is 9.48 Å². The van der Waals surface area contributed by atoms with Gasteiger partial charge in [0.15, 0.2) is 0 Å². The summed E-state index contributed by atoms with van der Waals surface area (Å²) in [6.07, 6.45) is 0. The molecule has 0 bridgehead atoms. The van der Waals surface area contributed by atoms with Crippen LogP contribution in [0.2, 0.25) is 0 Å². The topological polar surface area (TPSA) is 73.4 Å². The van der Waals surface area contributed by atoms with E-state index in [0.29, 0.717) is 36.7 Å². The maximum absolute atomic E-state index is 12.9. The summed E-state index contributed by atoms with van der Waals surface area (Å²) in [5, 5.41) is 4.33. The number of hydrogen-bond donors (Lipinski definition) is 1. The SMILES string of the molecule is CCn1nc(C)c(N)c1C(=O)N1CC(C)(C)OC(C)(C)C1. The zero-order valence-electron chi connectivity index (χ0n) is 13.9. The summed E-state index contributed by atoms with van der Waals surface area (Å²) in [7, 11) is 0. The van der Waals surface area contributed by atoms with E-state index in [2.05, 4.69) is 5.10 Å². The standard InChI is InChI=1S/C15H26N4O2/c1-7-19-12(11(16)10(2)17-19)13(20)18-8-14(3,4)21-15(5,6)9-18/h7-9,16H2,1-6H3. The molecule has 118 valence electrons. The minimum atomic E-state index is -0.377. The predicted molar refractivity (Wildman–Crippen MR) is 82.2 cm³/mol. The number of morpholine rings is 1. The monoisotopic (exact) mass is 294 g/mol. The maximum atomic E-state index is 12.9. The smallest absolute Gasteiger partial charge is 0.274 e. The molecule has 0 atom stereocenters. The summed E-state index contributed by atoms with van der Waals surface area (Å²) in [6, 6.07) is 0. The van der Waals surface area contributed by atoms with Gasteiger partial charge in [0.25, 0.3) is 5.91 Å². The largest absolute Gasteiger partial charge is 0.395 e. The Bertz CT molecular complexity index is 544. The van der Waals surface area contributed by atoms with Crippen molar-refractivity contribution in [1.29, 1.82) is 0 Å². The molecule has 0 spiro atoms. The summed E-state index contributed by atoms with van der Waals surface area (Å²) in [6.45, 7) is 13.5. The molecule has 0 aromatic carbocycles. The number of nitrogen functional groups attached to an aromatic ring is 1. The molecule has 0 unspecified atom stereocenters. The van der Waals surface area contributed by atoms with Crippen molar-refractivity contribution in [3.8, 4) is 0 Å². The number of anilines is 1. The predicted octanol–water partition coefficient (Wildman–Crippen LogP) is 1.82. The zero-order valence-corrected chi connectivity index (χ0v) is 13.9. The first-order valence-corrected chi connectivity index (χ1v) is 7.38. The molecule has 1 aliphatic heterocycles. The van der Waals surface area contributed by atoms with Crippen LogP contribution < -0.4 is 5.73 Å². The van der Waals surface area contributed by atoms with Crippen LogP contribution in [-0.4, -0.2) is 44.9 Å². The van der Waals surface area contributed by atoms with Gasteiger partial charge in [0.1, 0.15) is 5.69 Å². The molecule has 6 heteroatoms. The van der Waals surface area contributed by atoms with Crippen molar-refractivity contribution in [1.82, 2.24) is 14.7 Å². The van der Waals surface area contributed by atoms with Crippen molar-refractivity contribution in [2.24, 2.45) is 0 Å².